The SMILES string of the molecule is CCOc1ccc(OCC)c(NC(=O)c2nn(C(C)C)c(=O)c3ccccc23)c1. The van der Waals surface area contributed by atoms with Gasteiger partial charge in [-0.25, -0.2) is 4.68 Å². The predicted octanol–water partition coefficient (Wildman–Crippen LogP) is 4.03. The van der Waals surface area contributed by atoms with E-state index in [0.717, 1.165) is 0 Å². The topological polar surface area (TPSA) is 82.4 Å². The Balaban J connectivity index is 2.08. The highest BCUT2D eigenvalue weighted by molar-refractivity contribution is 6.11. The lowest BCUT2D eigenvalue weighted by Crippen LogP contribution is -2.29. The Kier molecular flexibility index (Phi) is 6.16. The fourth-order valence-electron chi connectivity index (χ4n) is 3.05. The Morgan fingerprint density at radius 1 is 1.07 bits per heavy atom. The van der Waals surface area contributed by atoms with Crippen LogP contribution in [0.5, 0.6) is 11.5 Å². The van der Waals surface area contributed by atoms with Crippen molar-refractivity contribution in [2.45, 2.75) is 33.7 Å². The quantitative estimate of drug-likeness (QED) is 0.653. The number of aromatic nitrogens is 2. The first-order chi connectivity index (χ1) is 14.0. The minimum absolute atomic E-state index is 0.179. The molecule has 7 heteroatoms. The van der Waals surface area contributed by atoms with Gasteiger partial charge in [0, 0.05) is 11.5 Å². The summed E-state index contributed by atoms with van der Waals surface area (Å²) in [5.74, 6) is 0.729. The molecule has 0 saturated carbocycles. The number of ether oxygens (including phenoxy) is 2. The number of hydrogen-bond donors (Lipinski definition) is 1. The van der Waals surface area contributed by atoms with E-state index in [2.05, 4.69) is 10.4 Å². The Morgan fingerprint density at radius 2 is 1.76 bits per heavy atom. The highest BCUT2D eigenvalue weighted by Crippen LogP contribution is 2.30. The summed E-state index contributed by atoms with van der Waals surface area (Å²) in [7, 11) is 0. The summed E-state index contributed by atoms with van der Waals surface area (Å²) in [6.45, 7) is 8.42. The molecule has 29 heavy (non-hydrogen) atoms. The van der Waals surface area contributed by atoms with E-state index >= 15 is 0 Å². The van der Waals surface area contributed by atoms with Crippen LogP contribution in [0.15, 0.2) is 47.3 Å². The minimum Gasteiger partial charge on any atom is -0.494 e. The molecule has 2 aromatic carbocycles. The fraction of sp³-hybridized carbons (Fsp3) is 0.318. The number of carbonyl (C=O) groups excluding carboxylic acids is 1. The van der Waals surface area contributed by atoms with Crippen LogP contribution in [0, 0.1) is 0 Å². The number of hydrogen-bond acceptors (Lipinski definition) is 5. The standard InChI is InChI=1S/C22H25N3O4/c1-5-28-15-11-12-19(29-6-2)18(13-15)23-21(26)20-16-9-7-8-10-17(16)22(27)25(24-20)14(3)4/h7-14H,5-6H2,1-4H3,(H,23,26). The van der Waals surface area contributed by atoms with Gasteiger partial charge in [0.05, 0.1) is 30.3 Å². The molecule has 1 aromatic heterocycles. The predicted molar refractivity (Wildman–Crippen MR) is 113 cm³/mol. The maximum atomic E-state index is 13.2. The van der Waals surface area contributed by atoms with Crippen molar-refractivity contribution in [3.63, 3.8) is 0 Å². The van der Waals surface area contributed by atoms with Crippen LogP contribution in [0.3, 0.4) is 0 Å². The summed E-state index contributed by atoms with van der Waals surface area (Å²) in [5.41, 5.74) is 0.439. The average Bonchev–Trinajstić information content (AvgIpc) is 2.70. The van der Waals surface area contributed by atoms with Crippen molar-refractivity contribution < 1.29 is 14.3 Å². The van der Waals surface area contributed by atoms with Gasteiger partial charge in [-0.05, 0) is 45.9 Å². The second kappa shape index (κ2) is 8.77. The van der Waals surface area contributed by atoms with E-state index in [1.165, 1.54) is 4.68 Å². The molecule has 3 rings (SSSR count). The molecule has 1 N–H and O–H groups in total. The van der Waals surface area contributed by atoms with E-state index < -0.39 is 5.91 Å². The monoisotopic (exact) mass is 395 g/mol. The zero-order chi connectivity index (χ0) is 21.0. The Hall–Kier alpha value is -3.35. The van der Waals surface area contributed by atoms with Gasteiger partial charge in [-0.2, -0.15) is 5.10 Å². The van der Waals surface area contributed by atoms with Crippen molar-refractivity contribution in [1.82, 2.24) is 9.78 Å². The van der Waals surface area contributed by atoms with Crippen molar-refractivity contribution in [3.8, 4) is 11.5 Å². The summed E-state index contributed by atoms with van der Waals surface area (Å²) < 4.78 is 12.5. The second-order valence-electron chi connectivity index (χ2n) is 6.72. The van der Waals surface area contributed by atoms with Crippen molar-refractivity contribution in [1.29, 1.82) is 0 Å². The molecule has 152 valence electrons. The number of fused-ring (bicyclic) bond motifs is 1. The maximum absolute atomic E-state index is 13.2. The van der Waals surface area contributed by atoms with Crippen LogP contribution in [0.1, 0.15) is 44.2 Å². The largest absolute Gasteiger partial charge is 0.494 e. The molecule has 0 aliphatic heterocycles. The van der Waals surface area contributed by atoms with Gasteiger partial charge in [0.15, 0.2) is 5.69 Å². The van der Waals surface area contributed by atoms with Gasteiger partial charge in [0.25, 0.3) is 11.5 Å². The molecule has 0 bridgehead atoms. The van der Waals surface area contributed by atoms with Gasteiger partial charge in [-0.3, -0.25) is 9.59 Å². The zero-order valence-electron chi connectivity index (χ0n) is 17.1. The smallest absolute Gasteiger partial charge is 0.276 e. The molecule has 0 unspecified atom stereocenters. The minimum atomic E-state index is -0.426. The number of benzene rings is 2. The van der Waals surface area contributed by atoms with Crippen molar-refractivity contribution in [2.75, 3.05) is 18.5 Å². The summed E-state index contributed by atoms with van der Waals surface area (Å²) in [5, 5.41) is 8.18. The summed E-state index contributed by atoms with van der Waals surface area (Å²) in [6.07, 6.45) is 0. The fourth-order valence-corrected chi connectivity index (χ4v) is 3.05. The molecule has 0 atom stereocenters. The maximum Gasteiger partial charge on any atom is 0.276 e. The first-order valence-corrected chi connectivity index (χ1v) is 9.68. The van der Waals surface area contributed by atoms with Gasteiger partial charge in [-0.1, -0.05) is 18.2 Å². The van der Waals surface area contributed by atoms with Gasteiger partial charge in [0.1, 0.15) is 11.5 Å². The number of anilines is 1. The average molecular weight is 395 g/mol. The van der Waals surface area contributed by atoms with Crippen LogP contribution in [-0.2, 0) is 0 Å². The third-order valence-corrected chi connectivity index (χ3v) is 4.34. The first-order valence-electron chi connectivity index (χ1n) is 9.68. The number of nitrogens with one attached hydrogen (secondary N) is 1. The second-order valence-corrected chi connectivity index (χ2v) is 6.72. The Bertz CT molecular complexity index is 1090. The molecule has 0 aliphatic rings. The van der Waals surface area contributed by atoms with Crippen LogP contribution in [0.25, 0.3) is 10.8 Å². The number of carbonyl (C=O) groups is 1. The van der Waals surface area contributed by atoms with Crippen molar-refractivity contribution >= 4 is 22.4 Å². The highest BCUT2D eigenvalue weighted by Gasteiger charge is 2.19. The zero-order valence-corrected chi connectivity index (χ0v) is 17.1. The van der Waals surface area contributed by atoms with Gasteiger partial charge in [-0.15, -0.1) is 0 Å². The van der Waals surface area contributed by atoms with E-state index in [0.29, 0.717) is 41.2 Å². The summed E-state index contributed by atoms with van der Waals surface area (Å²) in [6, 6.07) is 12.1. The lowest BCUT2D eigenvalue weighted by atomic mass is 10.1. The van der Waals surface area contributed by atoms with Gasteiger partial charge >= 0.3 is 0 Å². The van der Waals surface area contributed by atoms with Gasteiger partial charge in [0.2, 0.25) is 0 Å². The van der Waals surface area contributed by atoms with E-state index in [-0.39, 0.29) is 17.3 Å². The summed E-state index contributed by atoms with van der Waals surface area (Å²) in [4.78, 5) is 25.8. The number of nitrogens with zero attached hydrogens (tertiary/aromatic N) is 2. The van der Waals surface area contributed by atoms with Crippen LogP contribution >= 0.6 is 0 Å². The molecular formula is C22H25N3O4. The van der Waals surface area contributed by atoms with E-state index in [4.69, 9.17) is 9.47 Å². The van der Waals surface area contributed by atoms with Crippen molar-refractivity contribution in [3.05, 3.63) is 58.5 Å². The molecule has 0 spiro atoms. The van der Waals surface area contributed by atoms with Crippen LogP contribution in [-0.4, -0.2) is 28.9 Å². The van der Waals surface area contributed by atoms with E-state index in [9.17, 15) is 9.59 Å². The molecule has 0 radical (unpaired) electrons. The lowest BCUT2D eigenvalue weighted by molar-refractivity contribution is 0.102. The number of rotatable bonds is 7. The molecule has 0 fully saturated rings. The third kappa shape index (κ3) is 4.23. The molecule has 7 nitrogen and oxygen atoms in total. The van der Waals surface area contributed by atoms with Gasteiger partial charge < -0.3 is 14.8 Å². The van der Waals surface area contributed by atoms with E-state index in [1.807, 2.05) is 27.7 Å². The highest BCUT2D eigenvalue weighted by atomic mass is 16.5. The third-order valence-electron chi connectivity index (χ3n) is 4.34. The first kappa shape index (κ1) is 20.4. The molecule has 1 heterocycles. The van der Waals surface area contributed by atoms with Crippen LogP contribution in [0.4, 0.5) is 5.69 Å². The van der Waals surface area contributed by atoms with E-state index in [1.54, 1.807) is 42.5 Å². The lowest BCUT2D eigenvalue weighted by Gasteiger charge is -2.15. The molecule has 3 aromatic rings. The normalized spacial score (nSPS) is 10.9. The van der Waals surface area contributed by atoms with Crippen LogP contribution in [0.2, 0.25) is 0 Å². The molecular weight excluding hydrogens is 370 g/mol. The molecule has 0 aliphatic carbocycles. The molecule has 1 amide bonds. The Morgan fingerprint density at radius 3 is 2.41 bits per heavy atom. The number of amides is 1. The van der Waals surface area contributed by atoms with Crippen molar-refractivity contribution in [2.24, 2.45) is 0 Å². The Labute approximate surface area is 169 Å². The summed E-state index contributed by atoms with van der Waals surface area (Å²) >= 11 is 0. The molecule has 0 saturated heterocycles. The van der Waals surface area contributed by atoms with Crippen LogP contribution < -0.4 is 20.3 Å².